The first-order valence-electron chi connectivity index (χ1n) is 6.86. The van der Waals surface area contributed by atoms with E-state index in [9.17, 15) is 4.79 Å². The highest BCUT2D eigenvalue weighted by Gasteiger charge is 2.21. The van der Waals surface area contributed by atoms with Crippen molar-refractivity contribution in [1.82, 2.24) is 5.32 Å². The molecule has 1 amide bonds. The summed E-state index contributed by atoms with van der Waals surface area (Å²) in [6.45, 7) is 1.24. The van der Waals surface area contributed by atoms with E-state index >= 15 is 0 Å². The summed E-state index contributed by atoms with van der Waals surface area (Å²) in [5.74, 6) is 1.97. The van der Waals surface area contributed by atoms with Gasteiger partial charge in [0.25, 0.3) is 5.91 Å². The van der Waals surface area contributed by atoms with E-state index in [2.05, 4.69) is 5.32 Å². The molecule has 21 heavy (non-hydrogen) atoms. The average molecular weight is 303 g/mol. The van der Waals surface area contributed by atoms with Gasteiger partial charge >= 0.3 is 0 Å². The molecule has 1 N–H and O–H groups in total. The number of amides is 1. The molecule has 2 aromatic rings. The van der Waals surface area contributed by atoms with Crippen molar-refractivity contribution in [2.24, 2.45) is 5.92 Å². The molecule has 3 rings (SSSR count). The zero-order valence-electron chi connectivity index (χ0n) is 11.8. The summed E-state index contributed by atoms with van der Waals surface area (Å²) < 4.78 is 11.0. The van der Waals surface area contributed by atoms with Crippen molar-refractivity contribution >= 4 is 17.2 Å². The monoisotopic (exact) mass is 303 g/mol. The van der Waals surface area contributed by atoms with Crippen LogP contribution in [0.2, 0.25) is 0 Å². The maximum atomic E-state index is 11.9. The zero-order chi connectivity index (χ0) is 14.7. The van der Waals surface area contributed by atoms with Gasteiger partial charge < -0.3 is 14.8 Å². The number of rotatable bonds is 4. The molecule has 4 nitrogen and oxygen atoms in total. The summed E-state index contributed by atoms with van der Waals surface area (Å²) in [4.78, 5) is 11.9. The molecule has 0 bridgehead atoms. The van der Waals surface area contributed by atoms with Crippen molar-refractivity contribution in [3.63, 3.8) is 0 Å². The molecular weight excluding hydrogens is 286 g/mol. The summed E-state index contributed by atoms with van der Waals surface area (Å²) in [6, 6.07) is 7.71. The van der Waals surface area contributed by atoms with E-state index in [-0.39, 0.29) is 5.91 Å². The second kappa shape index (κ2) is 6.18. The summed E-state index contributed by atoms with van der Waals surface area (Å²) in [5.41, 5.74) is 1.89. The maximum absolute atomic E-state index is 11.9. The highest BCUT2D eigenvalue weighted by molar-refractivity contribution is 7.08. The molecule has 1 aromatic carbocycles. The van der Waals surface area contributed by atoms with Gasteiger partial charge in [0, 0.05) is 29.5 Å². The quantitative estimate of drug-likeness (QED) is 0.945. The molecule has 1 aliphatic rings. The van der Waals surface area contributed by atoms with Crippen LogP contribution in [-0.4, -0.2) is 26.2 Å². The molecule has 1 atom stereocenters. The SMILES string of the molecule is COc1ccc2c(c1)OC[C@H](CNC(=O)c1ccsc1)C2. The van der Waals surface area contributed by atoms with E-state index in [1.165, 1.54) is 11.3 Å². The Balaban J connectivity index is 1.58. The van der Waals surface area contributed by atoms with Gasteiger partial charge in [-0.05, 0) is 29.5 Å². The minimum atomic E-state index is -0.0169. The first-order valence-corrected chi connectivity index (χ1v) is 7.80. The molecule has 0 aliphatic carbocycles. The molecule has 0 fully saturated rings. The summed E-state index contributed by atoms with van der Waals surface area (Å²) >= 11 is 1.53. The highest BCUT2D eigenvalue weighted by Crippen LogP contribution is 2.30. The number of carbonyl (C=O) groups excluding carboxylic acids is 1. The molecule has 0 unspecified atom stereocenters. The summed E-state index contributed by atoms with van der Waals surface area (Å²) in [6.07, 6.45) is 0.906. The third-order valence-corrected chi connectivity index (χ3v) is 4.28. The molecule has 0 spiro atoms. The van der Waals surface area contributed by atoms with E-state index in [0.29, 0.717) is 19.1 Å². The van der Waals surface area contributed by atoms with E-state index in [1.807, 2.05) is 35.0 Å². The molecule has 110 valence electrons. The molecule has 1 aromatic heterocycles. The minimum Gasteiger partial charge on any atom is -0.497 e. The fourth-order valence-corrected chi connectivity index (χ4v) is 3.04. The smallest absolute Gasteiger partial charge is 0.252 e. The van der Waals surface area contributed by atoms with E-state index in [1.54, 1.807) is 7.11 Å². The topological polar surface area (TPSA) is 47.6 Å². The first-order chi connectivity index (χ1) is 10.3. The highest BCUT2D eigenvalue weighted by atomic mass is 32.1. The van der Waals surface area contributed by atoms with Crippen LogP contribution < -0.4 is 14.8 Å². The first kappa shape index (κ1) is 13.9. The lowest BCUT2D eigenvalue weighted by Gasteiger charge is -2.25. The average Bonchev–Trinajstić information content (AvgIpc) is 3.06. The zero-order valence-corrected chi connectivity index (χ0v) is 12.6. The van der Waals surface area contributed by atoms with Crippen LogP contribution >= 0.6 is 11.3 Å². The van der Waals surface area contributed by atoms with Crippen LogP contribution in [0.1, 0.15) is 15.9 Å². The van der Waals surface area contributed by atoms with Crippen LogP contribution in [-0.2, 0) is 6.42 Å². The molecule has 1 aliphatic heterocycles. The van der Waals surface area contributed by atoms with Crippen molar-refractivity contribution in [1.29, 1.82) is 0 Å². The van der Waals surface area contributed by atoms with Crippen LogP contribution in [0.25, 0.3) is 0 Å². The Morgan fingerprint density at radius 3 is 3.14 bits per heavy atom. The van der Waals surface area contributed by atoms with Gasteiger partial charge in [0.05, 0.1) is 13.7 Å². The number of carbonyl (C=O) groups is 1. The summed E-state index contributed by atoms with van der Waals surface area (Å²) in [5, 5.41) is 6.73. The van der Waals surface area contributed by atoms with Gasteiger partial charge in [0.15, 0.2) is 0 Å². The molecule has 0 saturated carbocycles. The largest absolute Gasteiger partial charge is 0.497 e. The van der Waals surface area contributed by atoms with Crippen molar-refractivity contribution in [3.05, 3.63) is 46.2 Å². The van der Waals surface area contributed by atoms with Crippen LogP contribution in [0.5, 0.6) is 11.5 Å². The number of thiophene rings is 1. The molecule has 5 heteroatoms. The second-order valence-corrected chi connectivity index (χ2v) is 5.86. The Kier molecular flexibility index (Phi) is 4.10. The van der Waals surface area contributed by atoms with Gasteiger partial charge in [-0.3, -0.25) is 4.79 Å². The van der Waals surface area contributed by atoms with Gasteiger partial charge in [-0.15, -0.1) is 0 Å². The normalized spacial score (nSPS) is 16.7. The van der Waals surface area contributed by atoms with Crippen molar-refractivity contribution < 1.29 is 14.3 Å². The van der Waals surface area contributed by atoms with E-state index in [4.69, 9.17) is 9.47 Å². The lowest BCUT2D eigenvalue weighted by Crippen LogP contribution is -2.34. The Bertz CT molecular complexity index is 624. The van der Waals surface area contributed by atoms with E-state index < -0.39 is 0 Å². The molecule has 0 saturated heterocycles. The molecular formula is C16H17NO3S. The fraction of sp³-hybridized carbons (Fsp3) is 0.312. The predicted molar refractivity (Wildman–Crippen MR) is 82.3 cm³/mol. The standard InChI is InChI=1S/C16H17NO3S/c1-19-14-3-2-12-6-11(9-20-15(12)7-14)8-17-16(18)13-4-5-21-10-13/h2-5,7,10-11H,6,8-9H2,1H3,(H,17,18)/t11-/m0/s1. The third kappa shape index (κ3) is 3.19. The van der Waals surface area contributed by atoms with Gasteiger partial charge in [-0.1, -0.05) is 6.07 Å². The van der Waals surface area contributed by atoms with Gasteiger partial charge in [0.2, 0.25) is 0 Å². The number of benzene rings is 1. The maximum Gasteiger partial charge on any atom is 0.252 e. The number of fused-ring (bicyclic) bond motifs is 1. The van der Waals surface area contributed by atoms with Crippen LogP contribution in [0.3, 0.4) is 0 Å². The van der Waals surface area contributed by atoms with Crippen molar-refractivity contribution in [2.75, 3.05) is 20.3 Å². The van der Waals surface area contributed by atoms with Gasteiger partial charge in [0.1, 0.15) is 11.5 Å². The summed E-state index contributed by atoms with van der Waals surface area (Å²) in [7, 11) is 1.65. The Labute approximate surface area is 127 Å². The second-order valence-electron chi connectivity index (χ2n) is 5.08. The Morgan fingerprint density at radius 2 is 2.38 bits per heavy atom. The molecule has 0 radical (unpaired) electrons. The fourth-order valence-electron chi connectivity index (χ4n) is 2.41. The van der Waals surface area contributed by atoms with Crippen molar-refractivity contribution in [3.8, 4) is 11.5 Å². The van der Waals surface area contributed by atoms with Crippen LogP contribution in [0, 0.1) is 5.92 Å². The van der Waals surface area contributed by atoms with Gasteiger partial charge in [-0.2, -0.15) is 11.3 Å². The molecule has 2 heterocycles. The Morgan fingerprint density at radius 1 is 1.48 bits per heavy atom. The predicted octanol–water partition coefficient (Wildman–Crippen LogP) is 2.74. The number of nitrogens with one attached hydrogen (secondary N) is 1. The lowest BCUT2D eigenvalue weighted by atomic mass is 9.96. The van der Waals surface area contributed by atoms with Crippen LogP contribution in [0.15, 0.2) is 35.0 Å². The third-order valence-electron chi connectivity index (χ3n) is 3.59. The van der Waals surface area contributed by atoms with E-state index in [0.717, 1.165) is 29.0 Å². The van der Waals surface area contributed by atoms with Crippen molar-refractivity contribution in [2.45, 2.75) is 6.42 Å². The van der Waals surface area contributed by atoms with Crippen LogP contribution in [0.4, 0.5) is 0 Å². The number of hydrogen-bond donors (Lipinski definition) is 1. The minimum absolute atomic E-state index is 0.0169. The number of hydrogen-bond acceptors (Lipinski definition) is 4. The van der Waals surface area contributed by atoms with Gasteiger partial charge in [-0.25, -0.2) is 0 Å². The number of ether oxygens (including phenoxy) is 2. The lowest BCUT2D eigenvalue weighted by molar-refractivity contribution is 0.0939. The Hall–Kier alpha value is -2.01. The number of methoxy groups -OCH3 is 1.